The van der Waals surface area contributed by atoms with Crippen LogP contribution in [0.2, 0.25) is 0 Å². The van der Waals surface area contributed by atoms with Gasteiger partial charge in [0.05, 0.1) is 23.2 Å². The summed E-state index contributed by atoms with van der Waals surface area (Å²) in [6, 6.07) is 11.7. The maximum absolute atomic E-state index is 13.2. The van der Waals surface area contributed by atoms with E-state index < -0.39 is 11.9 Å². The Morgan fingerprint density at radius 2 is 1.94 bits per heavy atom. The van der Waals surface area contributed by atoms with Gasteiger partial charge < -0.3 is 14.6 Å². The van der Waals surface area contributed by atoms with Gasteiger partial charge in [0.25, 0.3) is 0 Å². The Hall–Kier alpha value is -4.21. The van der Waals surface area contributed by atoms with Gasteiger partial charge in [-0.3, -0.25) is 13.9 Å². The number of aromatic nitrogens is 4. The number of fused-ring (bicyclic) bond motifs is 1. The number of esters is 1. The molecule has 0 aliphatic heterocycles. The molecule has 2 aromatic heterocycles. The number of nitrogens with zero attached hydrogens (tertiary/aromatic N) is 4. The predicted octanol–water partition coefficient (Wildman–Crippen LogP) is 3.56. The number of hydrogen-bond acceptors (Lipinski definition) is 7. The van der Waals surface area contributed by atoms with E-state index >= 15 is 0 Å². The minimum atomic E-state index is -0.473. The van der Waals surface area contributed by atoms with E-state index in [-0.39, 0.29) is 24.9 Å². The summed E-state index contributed by atoms with van der Waals surface area (Å²) < 4.78 is 13.1. The normalized spacial score (nSPS) is 11.2. The van der Waals surface area contributed by atoms with E-state index in [1.807, 2.05) is 26.0 Å². The second kappa shape index (κ2) is 9.34. The molecule has 4 aromatic rings. The van der Waals surface area contributed by atoms with Crippen LogP contribution in [0.3, 0.4) is 0 Å². The average Bonchev–Trinajstić information content (AvgIpc) is 3.35. The summed E-state index contributed by atoms with van der Waals surface area (Å²) in [4.78, 5) is 42.3. The third-order valence-corrected chi connectivity index (χ3v) is 5.22. The molecule has 2 heterocycles. The molecule has 0 atom stereocenters. The van der Waals surface area contributed by atoms with Crippen LogP contribution in [-0.2, 0) is 16.1 Å². The lowest BCUT2D eigenvalue weighted by Gasteiger charge is -2.08. The molecule has 34 heavy (non-hydrogen) atoms. The SMILES string of the molecule is CCOC(=O)c1cccc(NC(=O)Cn2c(=O)n(C(C)C)c3ccc(-c4noc(C)n4)cc32)c1. The van der Waals surface area contributed by atoms with Crippen molar-refractivity contribution in [2.45, 2.75) is 40.3 Å². The van der Waals surface area contributed by atoms with E-state index in [2.05, 4.69) is 15.5 Å². The van der Waals surface area contributed by atoms with Crippen molar-refractivity contribution < 1.29 is 18.8 Å². The fraction of sp³-hybridized carbons (Fsp3) is 0.292. The van der Waals surface area contributed by atoms with Gasteiger partial charge >= 0.3 is 11.7 Å². The van der Waals surface area contributed by atoms with E-state index in [4.69, 9.17) is 9.26 Å². The van der Waals surface area contributed by atoms with E-state index in [1.165, 1.54) is 10.6 Å². The number of carbonyl (C=O) groups is 2. The Morgan fingerprint density at radius 1 is 1.15 bits per heavy atom. The highest BCUT2D eigenvalue weighted by Gasteiger charge is 2.19. The van der Waals surface area contributed by atoms with Crippen LogP contribution in [0, 0.1) is 6.92 Å². The summed E-state index contributed by atoms with van der Waals surface area (Å²) in [6.07, 6.45) is 0. The third-order valence-electron chi connectivity index (χ3n) is 5.22. The minimum Gasteiger partial charge on any atom is -0.462 e. The number of rotatable bonds is 7. The van der Waals surface area contributed by atoms with Gasteiger partial charge in [0.15, 0.2) is 0 Å². The number of ether oxygens (including phenoxy) is 1. The van der Waals surface area contributed by atoms with Crippen molar-refractivity contribution in [1.29, 1.82) is 0 Å². The molecule has 176 valence electrons. The lowest BCUT2D eigenvalue weighted by molar-refractivity contribution is -0.116. The first-order valence-electron chi connectivity index (χ1n) is 10.9. The second-order valence-electron chi connectivity index (χ2n) is 8.02. The largest absolute Gasteiger partial charge is 0.462 e. The number of imidazole rings is 1. The fourth-order valence-corrected chi connectivity index (χ4v) is 3.77. The van der Waals surface area contributed by atoms with Gasteiger partial charge in [0, 0.05) is 24.2 Å². The molecule has 1 amide bonds. The van der Waals surface area contributed by atoms with Gasteiger partial charge in [-0.15, -0.1) is 0 Å². The molecule has 10 nitrogen and oxygen atoms in total. The van der Waals surface area contributed by atoms with Gasteiger partial charge in [-0.2, -0.15) is 4.98 Å². The number of hydrogen-bond donors (Lipinski definition) is 1. The quantitative estimate of drug-likeness (QED) is 0.416. The molecule has 0 aliphatic rings. The zero-order valence-electron chi connectivity index (χ0n) is 19.4. The van der Waals surface area contributed by atoms with Crippen LogP contribution in [0.15, 0.2) is 51.8 Å². The Kier molecular flexibility index (Phi) is 6.31. The summed E-state index contributed by atoms with van der Waals surface area (Å²) in [5, 5.41) is 6.69. The van der Waals surface area contributed by atoms with Crippen molar-refractivity contribution >= 4 is 28.6 Å². The first-order chi connectivity index (χ1) is 16.3. The number of nitrogens with one attached hydrogen (secondary N) is 1. The minimum absolute atomic E-state index is 0.112. The Morgan fingerprint density at radius 3 is 2.62 bits per heavy atom. The van der Waals surface area contributed by atoms with Gasteiger partial charge in [-0.25, -0.2) is 9.59 Å². The standard InChI is InChI=1S/C24H25N5O5/c1-5-33-23(31)17-7-6-8-18(11-17)26-21(30)13-28-20-12-16(22-25-15(4)34-27-22)9-10-19(20)29(14(2)3)24(28)32/h6-12,14H,5,13H2,1-4H3,(H,26,30). The smallest absolute Gasteiger partial charge is 0.338 e. The number of benzene rings is 2. The van der Waals surface area contributed by atoms with Crippen molar-refractivity contribution in [2.75, 3.05) is 11.9 Å². The summed E-state index contributed by atoms with van der Waals surface area (Å²) in [7, 11) is 0. The molecule has 0 saturated heterocycles. The first-order valence-corrected chi connectivity index (χ1v) is 10.9. The maximum Gasteiger partial charge on any atom is 0.338 e. The van der Waals surface area contributed by atoms with Crippen LogP contribution in [-0.4, -0.2) is 37.8 Å². The number of amides is 1. The van der Waals surface area contributed by atoms with Crippen molar-refractivity contribution in [3.63, 3.8) is 0 Å². The van der Waals surface area contributed by atoms with Crippen LogP contribution in [0.25, 0.3) is 22.4 Å². The monoisotopic (exact) mass is 463 g/mol. The summed E-state index contributed by atoms with van der Waals surface area (Å²) >= 11 is 0. The topological polar surface area (TPSA) is 121 Å². The predicted molar refractivity (Wildman–Crippen MR) is 126 cm³/mol. The van der Waals surface area contributed by atoms with Crippen molar-refractivity contribution in [1.82, 2.24) is 19.3 Å². The van der Waals surface area contributed by atoms with Crippen LogP contribution < -0.4 is 11.0 Å². The number of anilines is 1. The van der Waals surface area contributed by atoms with E-state index in [0.29, 0.717) is 39.6 Å². The first kappa shape index (κ1) is 23.0. The van der Waals surface area contributed by atoms with Crippen LogP contribution in [0.4, 0.5) is 5.69 Å². The Balaban J connectivity index is 1.67. The molecule has 0 fully saturated rings. The second-order valence-corrected chi connectivity index (χ2v) is 8.02. The van der Waals surface area contributed by atoms with E-state index in [0.717, 1.165) is 0 Å². The highest BCUT2D eigenvalue weighted by atomic mass is 16.5. The molecule has 0 radical (unpaired) electrons. The molecule has 2 aromatic carbocycles. The average molecular weight is 463 g/mol. The van der Waals surface area contributed by atoms with Crippen molar-refractivity contribution in [3.8, 4) is 11.4 Å². The summed E-state index contributed by atoms with van der Waals surface area (Å²) in [5.41, 5.74) is 2.39. The molecule has 0 unspecified atom stereocenters. The third kappa shape index (κ3) is 4.47. The maximum atomic E-state index is 13.2. The van der Waals surface area contributed by atoms with Crippen molar-refractivity contribution in [2.24, 2.45) is 0 Å². The molecule has 0 saturated carbocycles. The molecule has 0 aliphatic carbocycles. The fourth-order valence-electron chi connectivity index (χ4n) is 3.77. The highest BCUT2D eigenvalue weighted by Crippen LogP contribution is 2.24. The molecular formula is C24H25N5O5. The van der Waals surface area contributed by atoms with E-state index in [9.17, 15) is 14.4 Å². The molecular weight excluding hydrogens is 438 g/mol. The number of carbonyl (C=O) groups excluding carboxylic acids is 2. The zero-order valence-corrected chi connectivity index (χ0v) is 19.4. The van der Waals surface area contributed by atoms with Crippen LogP contribution in [0.5, 0.6) is 0 Å². The van der Waals surface area contributed by atoms with Gasteiger partial charge in [0.1, 0.15) is 6.54 Å². The summed E-state index contributed by atoms with van der Waals surface area (Å²) in [6.45, 7) is 7.27. The summed E-state index contributed by atoms with van der Waals surface area (Å²) in [5.74, 6) is -0.0571. The van der Waals surface area contributed by atoms with Crippen molar-refractivity contribution in [3.05, 3.63) is 64.4 Å². The highest BCUT2D eigenvalue weighted by molar-refractivity contribution is 5.95. The lowest BCUT2D eigenvalue weighted by atomic mass is 10.2. The van der Waals surface area contributed by atoms with Crippen LogP contribution >= 0.6 is 0 Å². The molecule has 0 bridgehead atoms. The molecule has 0 spiro atoms. The van der Waals surface area contributed by atoms with E-state index in [1.54, 1.807) is 42.7 Å². The van der Waals surface area contributed by atoms with Gasteiger partial charge in [-0.05, 0) is 57.2 Å². The lowest BCUT2D eigenvalue weighted by Crippen LogP contribution is -2.30. The zero-order chi connectivity index (χ0) is 24.4. The van der Waals surface area contributed by atoms with Crippen LogP contribution in [0.1, 0.15) is 43.1 Å². The molecule has 1 N–H and O–H groups in total. The van der Waals surface area contributed by atoms with Gasteiger partial charge in [0.2, 0.25) is 17.6 Å². The number of aryl methyl sites for hydroxylation is 1. The molecule has 10 heteroatoms. The Bertz CT molecular complexity index is 1430. The van der Waals surface area contributed by atoms with Gasteiger partial charge in [-0.1, -0.05) is 11.2 Å². The Labute approximate surface area is 195 Å². The molecule has 4 rings (SSSR count).